The number of carboxylic acids is 1. The fraction of sp³-hybridized carbons (Fsp3) is 0.0769. The molecule has 2 rings (SSSR count). The van der Waals surface area contributed by atoms with Gasteiger partial charge in [-0.3, -0.25) is 0 Å². The fourth-order valence-electron chi connectivity index (χ4n) is 1.38. The Kier molecular flexibility index (Phi) is 3.23. The SMILES string of the molecule is Cc1ccc(Oc2ncccc2C(=O)O)cc1F. The van der Waals surface area contributed by atoms with Crippen LogP contribution in [-0.4, -0.2) is 16.1 Å². The van der Waals surface area contributed by atoms with Crippen LogP contribution in [0.1, 0.15) is 15.9 Å². The van der Waals surface area contributed by atoms with Crippen LogP contribution in [0.15, 0.2) is 36.5 Å². The van der Waals surface area contributed by atoms with E-state index in [1.165, 1.54) is 24.4 Å². The molecule has 1 aromatic carbocycles. The molecule has 0 aliphatic carbocycles. The lowest BCUT2D eigenvalue weighted by atomic mass is 10.2. The van der Waals surface area contributed by atoms with Crippen molar-refractivity contribution >= 4 is 5.97 Å². The first kappa shape index (κ1) is 12.0. The number of aryl methyl sites for hydroxylation is 1. The highest BCUT2D eigenvalue weighted by atomic mass is 19.1. The first-order chi connectivity index (χ1) is 8.58. The van der Waals surface area contributed by atoms with Crippen LogP contribution in [0.2, 0.25) is 0 Å². The summed E-state index contributed by atoms with van der Waals surface area (Å²) in [5, 5.41) is 8.95. The van der Waals surface area contributed by atoms with E-state index in [1.807, 2.05) is 0 Å². The number of nitrogens with zero attached hydrogens (tertiary/aromatic N) is 1. The van der Waals surface area contributed by atoms with E-state index in [4.69, 9.17) is 9.84 Å². The highest BCUT2D eigenvalue weighted by Gasteiger charge is 2.13. The highest BCUT2D eigenvalue weighted by Crippen LogP contribution is 2.24. The van der Waals surface area contributed by atoms with Crippen LogP contribution in [0.4, 0.5) is 4.39 Å². The Labute approximate surface area is 103 Å². The monoisotopic (exact) mass is 247 g/mol. The van der Waals surface area contributed by atoms with Crippen molar-refractivity contribution in [2.24, 2.45) is 0 Å². The van der Waals surface area contributed by atoms with Gasteiger partial charge in [0.05, 0.1) is 0 Å². The molecule has 1 aromatic heterocycles. The molecule has 4 nitrogen and oxygen atoms in total. The number of hydrogen-bond acceptors (Lipinski definition) is 3. The van der Waals surface area contributed by atoms with E-state index in [0.717, 1.165) is 0 Å². The van der Waals surface area contributed by atoms with E-state index in [1.54, 1.807) is 19.1 Å². The summed E-state index contributed by atoms with van der Waals surface area (Å²) in [4.78, 5) is 14.8. The van der Waals surface area contributed by atoms with Crippen LogP contribution < -0.4 is 4.74 Å². The minimum absolute atomic E-state index is 0.0618. The molecular formula is C13H10FNO3. The number of pyridine rings is 1. The first-order valence-electron chi connectivity index (χ1n) is 5.20. The Morgan fingerprint density at radius 2 is 2.17 bits per heavy atom. The summed E-state index contributed by atoms with van der Waals surface area (Å²) in [6, 6.07) is 7.16. The second kappa shape index (κ2) is 4.83. The first-order valence-corrected chi connectivity index (χ1v) is 5.20. The summed E-state index contributed by atoms with van der Waals surface area (Å²) in [5.41, 5.74) is 0.417. The maximum atomic E-state index is 13.3. The van der Waals surface area contributed by atoms with Crippen LogP contribution in [0.25, 0.3) is 0 Å². The van der Waals surface area contributed by atoms with Crippen molar-refractivity contribution < 1.29 is 19.0 Å². The standard InChI is InChI=1S/C13H10FNO3/c1-8-4-5-9(7-11(8)14)18-12-10(13(16)17)3-2-6-15-12/h2-7H,1H3,(H,16,17). The maximum Gasteiger partial charge on any atom is 0.341 e. The molecule has 92 valence electrons. The Morgan fingerprint density at radius 3 is 2.83 bits per heavy atom. The number of aromatic carboxylic acids is 1. The lowest BCUT2D eigenvalue weighted by molar-refractivity contribution is 0.0693. The predicted octanol–water partition coefficient (Wildman–Crippen LogP) is 3.02. The van der Waals surface area contributed by atoms with Crippen molar-refractivity contribution in [3.8, 4) is 11.6 Å². The van der Waals surface area contributed by atoms with Crippen LogP contribution >= 0.6 is 0 Å². The minimum atomic E-state index is -1.15. The normalized spacial score (nSPS) is 10.1. The molecule has 0 bridgehead atoms. The zero-order valence-corrected chi connectivity index (χ0v) is 9.55. The summed E-state index contributed by atoms with van der Waals surface area (Å²) in [6.07, 6.45) is 1.41. The number of rotatable bonds is 3. The predicted molar refractivity (Wildman–Crippen MR) is 62.4 cm³/mol. The third-order valence-corrected chi connectivity index (χ3v) is 2.36. The summed E-state index contributed by atoms with van der Waals surface area (Å²) in [7, 11) is 0. The van der Waals surface area contributed by atoms with E-state index in [9.17, 15) is 9.18 Å². The highest BCUT2D eigenvalue weighted by molar-refractivity contribution is 5.90. The van der Waals surface area contributed by atoms with Gasteiger partial charge in [-0.2, -0.15) is 0 Å². The van der Waals surface area contributed by atoms with E-state index in [2.05, 4.69) is 4.98 Å². The molecule has 0 radical (unpaired) electrons. The Balaban J connectivity index is 2.34. The Morgan fingerprint density at radius 1 is 1.39 bits per heavy atom. The maximum absolute atomic E-state index is 13.3. The topological polar surface area (TPSA) is 59.4 Å². The van der Waals surface area contributed by atoms with Gasteiger partial charge < -0.3 is 9.84 Å². The average Bonchev–Trinajstić information content (AvgIpc) is 2.34. The van der Waals surface area contributed by atoms with E-state index in [-0.39, 0.29) is 17.2 Å². The van der Waals surface area contributed by atoms with Crippen molar-refractivity contribution in [3.05, 3.63) is 53.5 Å². The van der Waals surface area contributed by atoms with Crippen LogP contribution in [0.5, 0.6) is 11.6 Å². The number of hydrogen-bond donors (Lipinski definition) is 1. The van der Waals surface area contributed by atoms with Crippen LogP contribution in [0.3, 0.4) is 0 Å². The van der Waals surface area contributed by atoms with Gasteiger partial charge in [-0.05, 0) is 30.7 Å². The Bertz CT molecular complexity index is 599. The molecule has 0 saturated carbocycles. The molecule has 0 saturated heterocycles. The van der Waals surface area contributed by atoms with Crippen molar-refractivity contribution in [1.29, 1.82) is 0 Å². The smallest absolute Gasteiger partial charge is 0.341 e. The molecular weight excluding hydrogens is 237 g/mol. The molecule has 0 fully saturated rings. The number of carboxylic acid groups (broad SMARTS) is 1. The zero-order valence-electron chi connectivity index (χ0n) is 9.55. The van der Waals surface area contributed by atoms with E-state index >= 15 is 0 Å². The van der Waals surface area contributed by atoms with Gasteiger partial charge in [0.2, 0.25) is 5.88 Å². The Hall–Kier alpha value is -2.43. The average molecular weight is 247 g/mol. The van der Waals surface area contributed by atoms with Gasteiger partial charge in [0.25, 0.3) is 0 Å². The molecule has 0 spiro atoms. The summed E-state index contributed by atoms with van der Waals surface area (Å²) in [5.74, 6) is -1.42. The molecule has 0 atom stereocenters. The summed E-state index contributed by atoms with van der Waals surface area (Å²) >= 11 is 0. The zero-order chi connectivity index (χ0) is 13.1. The van der Waals surface area contributed by atoms with Crippen LogP contribution in [0, 0.1) is 12.7 Å². The van der Waals surface area contributed by atoms with Gasteiger partial charge in [0, 0.05) is 12.3 Å². The second-order valence-corrected chi connectivity index (χ2v) is 3.67. The summed E-state index contributed by atoms with van der Waals surface area (Å²) in [6.45, 7) is 1.63. The molecule has 0 amide bonds. The molecule has 0 aliphatic heterocycles. The van der Waals surface area contributed by atoms with Crippen molar-refractivity contribution in [3.63, 3.8) is 0 Å². The lowest BCUT2D eigenvalue weighted by Gasteiger charge is -2.07. The number of carbonyl (C=O) groups is 1. The third-order valence-electron chi connectivity index (χ3n) is 2.36. The second-order valence-electron chi connectivity index (χ2n) is 3.67. The third kappa shape index (κ3) is 2.45. The molecule has 18 heavy (non-hydrogen) atoms. The molecule has 2 aromatic rings. The van der Waals surface area contributed by atoms with Gasteiger partial charge in [0.15, 0.2) is 0 Å². The quantitative estimate of drug-likeness (QED) is 0.905. The van der Waals surface area contributed by atoms with Gasteiger partial charge in [-0.25, -0.2) is 14.2 Å². The molecule has 0 aliphatic rings. The summed E-state index contributed by atoms with van der Waals surface area (Å²) < 4.78 is 18.6. The van der Waals surface area contributed by atoms with Gasteiger partial charge >= 0.3 is 5.97 Å². The lowest BCUT2D eigenvalue weighted by Crippen LogP contribution is -2.01. The van der Waals surface area contributed by atoms with Gasteiger partial charge in [-0.15, -0.1) is 0 Å². The minimum Gasteiger partial charge on any atom is -0.477 e. The number of benzene rings is 1. The van der Waals surface area contributed by atoms with Crippen LogP contribution in [-0.2, 0) is 0 Å². The molecule has 1 heterocycles. The van der Waals surface area contributed by atoms with Gasteiger partial charge in [-0.1, -0.05) is 6.07 Å². The van der Waals surface area contributed by atoms with Crippen molar-refractivity contribution in [2.75, 3.05) is 0 Å². The van der Waals surface area contributed by atoms with Gasteiger partial charge in [0.1, 0.15) is 17.1 Å². The largest absolute Gasteiger partial charge is 0.477 e. The van der Waals surface area contributed by atoms with Crippen molar-refractivity contribution in [1.82, 2.24) is 4.98 Å². The fourth-order valence-corrected chi connectivity index (χ4v) is 1.38. The number of aromatic nitrogens is 1. The van der Waals surface area contributed by atoms with E-state index in [0.29, 0.717) is 5.56 Å². The number of ether oxygens (including phenoxy) is 1. The molecule has 5 heteroatoms. The van der Waals surface area contributed by atoms with Crippen molar-refractivity contribution in [2.45, 2.75) is 6.92 Å². The van der Waals surface area contributed by atoms with E-state index < -0.39 is 11.8 Å². The molecule has 1 N–H and O–H groups in total. The molecule has 0 unspecified atom stereocenters. The number of halogens is 1.